The van der Waals surface area contributed by atoms with Crippen molar-refractivity contribution < 1.29 is 18.0 Å². The number of aryl methyl sites for hydroxylation is 1. The highest BCUT2D eigenvalue weighted by Crippen LogP contribution is 2.17. The van der Waals surface area contributed by atoms with Crippen LogP contribution in [0.2, 0.25) is 0 Å². The summed E-state index contributed by atoms with van der Waals surface area (Å²) in [4.78, 5) is 36.1. The highest BCUT2D eigenvalue weighted by Gasteiger charge is 2.29. The second-order valence-electron chi connectivity index (χ2n) is 6.76. The summed E-state index contributed by atoms with van der Waals surface area (Å²) in [5.74, 6) is 0.287. The average Bonchev–Trinajstić information content (AvgIpc) is 2.92. The Hall–Kier alpha value is -2.23. The second kappa shape index (κ2) is 7.18. The molecule has 0 aromatic carbocycles. The molecule has 0 aliphatic carbocycles. The van der Waals surface area contributed by atoms with E-state index in [1.807, 2.05) is 0 Å². The van der Waals surface area contributed by atoms with Crippen LogP contribution < -0.4 is 5.32 Å². The van der Waals surface area contributed by atoms with Gasteiger partial charge in [-0.15, -0.1) is 0 Å². The molecule has 3 heterocycles. The molecular weight excluding hydrogens is 358 g/mol. The molecule has 1 aromatic heterocycles. The zero-order valence-corrected chi connectivity index (χ0v) is 15.8. The minimum atomic E-state index is -3.01. The number of aromatic nitrogens is 2. The Balaban J connectivity index is 1.69. The van der Waals surface area contributed by atoms with Crippen molar-refractivity contribution in [2.45, 2.75) is 26.3 Å². The van der Waals surface area contributed by atoms with Crippen molar-refractivity contribution in [1.29, 1.82) is 0 Å². The molecule has 1 atom stereocenters. The van der Waals surface area contributed by atoms with Gasteiger partial charge in [-0.1, -0.05) is 0 Å². The standard InChI is InChI=1S/C16H23N5O4S/c1-11-9-14(15(23)21-6-4-20(5-7-21)12(2)22)19-16(17-11)18-13-3-8-26(24,25)10-13/h9,13H,3-8,10H2,1-2H3,(H,17,18,19). The van der Waals surface area contributed by atoms with E-state index in [2.05, 4.69) is 15.3 Å². The van der Waals surface area contributed by atoms with Gasteiger partial charge in [0, 0.05) is 44.8 Å². The zero-order chi connectivity index (χ0) is 18.9. The highest BCUT2D eigenvalue weighted by molar-refractivity contribution is 7.91. The predicted molar refractivity (Wildman–Crippen MR) is 95.6 cm³/mol. The van der Waals surface area contributed by atoms with E-state index in [1.165, 1.54) is 6.92 Å². The van der Waals surface area contributed by atoms with Crippen LogP contribution in [0.3, 0.4) is 0 Å². The first kappa shape index (κ1) is 18.6. The number of anilines is 1. The molecule has 2 fully saturated rings. The van der Waals surface area contributed by atoms with Crippen molar-refractivity contribution in [3.8, 4) is 0 Å². The third-order valence-corrected chi connectivity index (χ3v) is 6.42. The van der Waals surface area contributed by atoms with Crippen LogP contribution in [-0.2, 0) is 14.6 Å². The van der Waals surface area contributed by atoms with Crippen molar-refractivity contribution in [2.24, 2.45) is 0 Å². The molecule has 2 aliphatic heterocycles. The number of sulfone groups is 1. The molecule has 0 saturated carbocycles. The highest BCUT2D eigenvalue weighted by atomic mass is 32.2. The molecule has 0 bridgehead atoms. The minimum Gasteiger partial charge on any atom is -0.350 e. The fourth-order valence-corrected chi connectivity index (χ4v) is 4.89. The topological polar surface area (TPSA) is 113 Å². The van der Waals surface area contributed by atoms with E-state index in [4.69, 9.17) is 0 Å². The van der Waals surface area contributed by atoms with E-state index in [9.17, 15) is 18.0 Å². The lowest BCUT2D eigenvalue weighted by Gasteiger charge is -2.34. The summed E-state index contributed by atoms with van der Waals surface area (Å²) in [5.41, 5.74) is 0.909. The van der Waals surface area contributed by atoms with Gasteiger partial charge in [0.25, 0.3) is 5.91 Å². The van der Waals surface area contributed by atoms with Gasteiger partial charge < -0.3 is 15.1 Å². The molecule has 9 nitrogen and oxygen atoms in total. The summed E-state index contributed by atoms with van der Waals surface area (Å²) in [6.07, 6.45) is 0.510. The molecule has 2 amide bonds. The van der Waals surface area contributed by atoms with Crippen LogP contribution in [0.5, 0.6) is 0 Å². The molecule has 2 saturated heterocycles. The number of rotatable bonds is 3. The Morgan fingerprint density at radius 1 is 1.15 bits per heavy atom. The number of carbonyl (C=O) groups is 2. The summed E-state index contributed by atoms with van der Waals surface area (Å²) in [5, 5.41) is 3.03. The van der Waals surface area contributed by atoms with Gasteiger partial charge in [-0.2, -0.15) is 0 Å². The summed E-state index contributed by atoms with van der Waals surface area (Å²) < 4.78 is 23.2. The number of nitrogens with one attached hydrogen (secondary N) is 1. The lowest BCUT2D eigenvalue weighted by Crippen LogP contribution is -2.50. The van der Waals surface area contributed by atoms with Crippen molar-refractivity contribution in [3.63, 3.8) is 0 Å². The Bertz CT molecular complexity index is 818. The Morgan fingerprint density at radius 3 is 2.38 bits per heavy atom. The average molecular weight is 381 g/mol. The molecule has 26 heavy (non-hydrogen) atoms. The van der Waals surface area contributed by atoms with Crippen LogP contribution in [0.4, 0.5) is 5.95 Å². The van der Waals surface area contributed by atoms with Gasteiger partial charge in [-0.05, 0) is 19.4 Å². The molecule has 10 heteroatoms. The first-order chi connectivity index (χ1) is 12.2. The van der Waals surface area contributed by atoms with Crippen molar-refractivity contribution >= 4 is 27.6 Å². The molecule has 0 spiro atoms. The normalized spacial score (nSPS) is 22.3. The number of hydrogen-bond donors (Lipinski definition) is 1. The zero-order valence-electron chi connectivity index (χ0n) is 14.9. The van der Waals surface area contributed by atoms with E-state index in [0.29, 0.717) is 38.3 Å². The van der Waals surface area contributed by atoms with Crippen LogP contribution in [0, 0.1) is 6.92 Å². The lowest BCUT2D eigenvalue weighted by molar-refractivity contribution is -0.130. The van der Waals surface area contributed by atoms with Gasteiger partial charge in [0.2, 0.25) is 11.9 Å². The van der Waals surface area contributed by atoms with Crippen molar-refractivity contribution in [2.75, 3.05) is 43.0 Å². The number of nitrogens with zero attached hydrogens (tertiary/aromatic N) is 4. The molecule has 142 valence electrons. The molecule has 2 aliphatic rings. The molecule has 1 N–H and O–H groups in total. The van der Waals surface area contributed by atoms with Crippen LogP contribution in [0.15, 0.2) is 6.07 Å². The summed E-state index contributed by atoms with van der Waals surface area (Å²) >= 11 is 0. The third kappa shape index (κ3) is 4.29. The van der Waals surface area contributed by atoms with E-state index in [-0.39, 0.29) is 41.0 Å². The van der Waals surface area contributed by atoms with Gasteiger partial charge in [-0.25, -0.2) is 18.4 Å². The second-order valence-corrected chi connectivity index (χ2v) is 8.99. The van der Waals surface area contributed by atoms with Gasteiger partial charge in [0.15, 0.2) is 9.84 Å². The Labute approximate surface area is 152 Å². The maximum atomic E-state index is 12.7. The fourth-order valence-electron chi connectivity index (χ4n) is 3.22. The van der Waals surface area contributed by atoms with Gasteiger partial charge >= 0.3 is 0 Å². The number of amides is 2. The molecule has 0 radical (unpaired) electrons. The first-order valence-corrected chi connectivity index (χ1v) is 10.4. The van der Waals surface area contributed by atoms with Gasteiger partial charge in [0.1, 0.15) is 5.69 Å². The summed E-state index contributed by atoms with van der Waals surface area (Å²) in [6.45, 7) is 5.23. The first-order valence-electron chi connectivity index (χ1n) is 8.61. The third-order valence-electron chi connectivity index (χ3n) is 4.65. The van der Waals surface area contributed by atoms with E-state index >= 15 is 0 Å². The molecule has 1 unspecified atom stereocenters. The van der Waals surface area contributed by atoms with Crippen LogP contribution >= 0.6 is 0 Å². The number of hydrogen-bond acceptors (Lipinski definition) is 7. The Kier molecular flexibility index (Phi) is 5.12. The smallest absolute Gasteiger partial charge is 0.272 e. The van der Waals surface area contributed by atoms with E-state index in [0.717, 1.165) is 0 Å². The summed E-state index contributed by atoms with van der Waals surface area (Å²) in [7, 11) is -3.01. The predicted octanol–water partition coefficient (Wildman–Crippen LogP) is -0.312. The summed E-state index contributed by atoms with van der Waals surface area (Å²) in [6, 6.07) is 1.39. The number of piperazine rings is 1. The molecule has 3 rings (SSSR count). The van der Waals surface area contributed by atoms with Crippen LogP contribution in [-0.4, -0.2) is 83.7 Å². The molecular formula is C16H23N5O4S. The maximum absolute atomic E-state index is 12.7. The number of carbonyl (C=O) groups excluding carboxylic acids is 2. The SMILES string of the molecule is CC(=O)N1CCN(C(=O)c2cc(C)nc(NC3CCS(=O)(=O)C3)n2)CC1. The monoisotopic (exact) mass is 381 g/mol. The minimum absolute atomic E-state index is 0.00739. The van der Waals surface area contributed by atoms with Gasteiger partial charge in [-0.3, -0.25) is 9.59 Å². The quantitative estimate of drug-likeness (QED) is 0.764. The Morgan fingerprint density at radius 2 is 1.81 bits per heavy atom. The maximum Gasteiger partial charge on any atom is 0.272 e. The van der Waals surface area contributed by atoms with Crippen LogP contribution in [0.25, 0.3) is 0 Å². The van der Waals surface area contributed by atoms with Crippen LogP contribution in [0.1, 0.15) is 29.5 Å². The van der Waals surface area contributed by atoms with E-state index < -0.39 is 9.84 Å². The van der Waals surface area contributed by atoms with Crippen molar-refractivity contribution in [3.05, 3.63) is 17.5 Å². The largest absolute Gasteiger partial charge is 0.350 e. The molecule has 1 aromatic rings. The van der Waals surface area contributed by atoms with Crippen molar-refractivity contribution in [1.82, 2.24) is 19.8 Å². The fraction of sp³-hybridized carbons (Fsp3) is 0.625. The van der Waals surface area contributed by atoms with Gasteiger partial charge in [0.05, 0.1) is 11.5 Å². The lowest BCUT2D eigenvalue weighted by atomic mass is 10.2. The van der Waals surface area contributed by atoms with E-state index in [1.54, 1.807) is 22.8 Å².